The molecule has 0 radical (unpaired) electrons. The zero-order valence-corrected chi connectivity index (χ0v) is 11.8. The summed E-state index contributed by atoms with van der Waals surface area (Å²) in [5.74, 6) is 1.04. The van der Waals surface area contributed by atoms with E-state index in [4.69, 9.17) is 14.7 Å². The molecule has 1 fully saturated rings. The quantitative estimate of drug-likeness (QED) is 0.798. The van der Waals surface area contributed by atoms with Crippen LogP contribution in [0.25, 0.3) is 0 Å². The second-order valence-corrected chi connectivity index (χ2v) is 4.70. The second-order valence-electron chi connectivity index (χ2n) is 4.70. The number of carbonyl (C=O) groups excluding carboxylic acids is 1. The van der Waals surface area contributed by atoms with Crippen LogP contribution < -0.4 is 9.47 Å². The number of amides is 1. The Kier molecular flexibility index (Phi) is 4.46. The minimum atomic E-state index is -0.0986. The first-order valence-corrected chi connectivity index (χ1v) is 6.61. The molecule has 1 saturated carbocycles. The molecule has 0 spiro atoms. The molecule has 0 unspecified atom stereocenters. The van der Waals surface area contributed by atoms with Crippen LogP contribution >= 0.6 is 0 Å². The van der Waals surface area contributed by atoms with Crippen molar-refractivity contribution in [2.45, 2.75) is 25.3 Å². The first-order chi connectivity index (χ1) is 9.71. The number of benzene rings is 1. The number of ether oxygens (including phenoxy) is 2. The van der Waals surface area contributed by atoms with Crippen molar-refractivity contribution in [2.24, 2.45) is 0 Å². The van der Waals surface area contributed by atoms with Crippen LogP contribution in [0.1, 0.15) is 29.6 Å². The molecule has 106 valence electrons. The van der Waals surface area contributed by atoms with E-state index >= 15 is 0 Å². The van der Waals surface area contributed by atoms with Crippen molar-refractivity contribution in [3.05, 3.63) is 23.8 Å². The molecule has 5 heteroatoms. The maximum atomic E-state index is 12.7. The molecule has 1 aromatic rings. The smallest absolute Gasteiger partial charge is 0.258 e. The topological polar surface area (TPSA) is 62.6 Å². The van der Waals surface area contributed by atoms with E-state index in [1.807, 2.05) is 0 Å². The highest BCUT2D eigenvalue weighted by atomic mass is 16.5. The van der Waals surface area contributed by atoms with Crippen LogP contribution in [0.15, 0.2) is 18.2 Å². The third kappa shape index (κ3) is 3.02. The molecule has 0 aromatic heterocycles. The van der Waals surface area contributed by atoms with Crippen molar-refractivity contribution in [1.82, 2.24) is 4.90 Å². The Morgan fingerprint density at radius 2 is 2.15 bits per heavy atom. The van der Waals surface area contributed by atoms with Crippen molar-refractivity contribution in [2.75, 3.05) is 20.8 Å². The fourth-order valence-corrected chi connectivity index (χ4v) is 2.14. The molecule has 0 saturated heterocycles. The van der Waals surface area contributed by atoms with Gasteiger partial charge < -0.3 is 14.4 Å². The van der Waals surface area contributed by atoms with Gasteiger partial charge in [0.1, 0.15) is 11.5 Å². The predicted molar refractivity (Wildman–Crippen MR) is 73.8 cm³/mol. The van der Waals surface area contributed by atoms with Gasteiger partial charge in [0.2, 0.25) is 0 Å². The molecule has 1 amide bonds. The van der Waals surface area contributed by atoms with E-state index in [0.717, 1.165) is 12.8 Å². The molecule has 5 nitrogen and oxygen atoms in total. The summed E-state index contributed by atoms with van der Waals surface area (Å²) >= 11 is 0. The van der Waals surface area contributed by atoms with Crippen LogP contribution in [0.3, 0.4) is 0 Å². The van der Waals surface area contributed by atoms with Gasteiger partial charge in [0, 0.05) is 12.6 Å². The van der Waals surface area contributed by atoms with Gasteiger partial charge in [0.25, 0.3) is 5.91 Å². The van der Waals surface area contributed by atoms with Gasteiger partial charge in [0.15, 0.2) is 0 Å². The summed E-state index contributed by atoms with van der Waals surface area (Å²) in [5.41, 5.74) is 0.483. The van der Waals surface area contributed by atoms with Gasteiger partial charge in [-0.2, -0.15) is 5.26 Å². The summed E-state index contributed by atoms with van der Waals surface area (Å²) in [6.45, 7) is 0.459. The number of rotatable bonds is 6. The Morgan fingerprint density at radius 1 is 1.40 bits per heavy atom. The maximum absolute atomic E-state index is 12.7. The summed E-state index contributed by atoms with van der Waals surface area (Å²) in [4.78, 5) is 14.4. The molecule has 1 aromatic carbocycles. The predicted octanol–water partition coefficient (Wildman–Crippen LogP) is 2.22. The fraction of sp³-hybridized carbons (Fsp3) is 0.467. The molecular formula is C15H18N2O3. The Bertz CT molecular complexity index is 532. The van der Waals surface area contributed by atoms with Crippen molar-refractivity contribution in [3.63, 3.8) is 0 Å². The Morgan fingerprint density at radius 3 is 2.70 bits per heavy atom. The molecular weight excluding hydrogens is 256 g/mol. The average Bonchev–Trinajstić information content (AvgIpc) is 3.31. The van der Waals surface area contributed by atoms with Gasteiger partial charge in [0.05, 0.1) is 32.3 Å². The summed E-state index contributed by atoms with van der Waals surface area (Å²) in [6.07, 6.45) is 2.35. The van der Waals surface area contributed by atoms with E-state index < -0.39 is 0 Å². The van der Waals surface area contributed by atoms with E-state index in [1.165, 1.54) is 7.11 Å². The zero-order chi connectivity index (χ0) is 14.5. The Balaban J connectivity index is 2.27. The van der Waals surface area contributed by atoms with Crippen LogP contribution in [0, 0.1) is 11.3 Å². The minimum absolute atomic E-state index is 0.0986. The lowest BCUT2D eigenvalue weighted by Crippen LogP contribution is -2.34. The Labute approximate surface area is 118 Å². The van der Waals surface area contributed by atoms with E-state index in [0.29, 0.717) is 30.0 Å². The number of hydrogen-bond donors (Lipinski definition) is 0. The van der Waals surface area contributed by atoms with E-state index in [1.54, 1.807) is 30.2 Å². The van der Waals surface area contributed by atoms with Gasteiger partial charge in [-0.15, -0.1) is 0 Å². The molecule has 0 N–H and O–H groups in total. The summed E-state index contributed by atoms with van der Waals surface area (Å²) in [7, 11) is 3.10. The molecule has 1 aliphatic rings. The highest BCUT2D eigenvalue weighted by Crippen LogP contribution is 2.31. The molecule has 0 atom stereocenters. The number of methoxy groups -OCH3 is 2. The van der Waals surface area contributed by atoms with Crippen LogP contribution in [0.5, 0.6) is 11.5 Å². The van der Waals surface area contributed by atoms with Gasteiger partial charge >= 0.3 is 0 Å². The molecule has 0 aliphatic heterocycles. The number of nitrogens with zero attached hydrogens (tertiary/aromatic N) is 2. The number of hydrogen-bond acceptors (Lipinski definition) is 4. The van der Waals surface area contributed by atoms with E-state index in [-0.39, 0.29) is 11.9 Å². The third-order valence-corrected chi connectivity index (χ3v) is 3.35. The normalized spacial score (nSPS) is 13.4. The first kappa shape index (κ1) is 14.2. The average molecular weight is 274 g/mol. The van der Waals surface area contributed by atoms with Gasteiger partial charge in [-0.1, -0.05) is 0 Å². The number of carbonyl (C=O) groups is 1. The van der Waals surface area contributed by atoms with Gasteiger partial charge in [-0.3, -0.25) is 4.79 Å². The summed E-state index contributed by atoms with van der Waals surface area (Å²) in [5, 5.41) is 8.72. The zero-order valence-electron chi connectivity index (χ0n) is 11.8. The van der Waals surface area contributed by atoms with Crippen molar-refractivity contribution >= 4 is 5.91 Å². The van der Waals surface area contributed by atoms with Crippen molar-refractivity contribution in [3.8, 4) is 17.6 Å². The van der Waals surface area contributed by atoms with Crippen molar-refractivity contribution in [1.29, 1.82) is 5.26 Å². The van der Waals surface area contributed by atoms with Crippen LogP contribution in [-0.4, -0.2) is 37.6 Å². The lowest BCUT2D eigenvalue weighted by atomic mass is 10.1. The fourth-order valence-electron chi connectivity index (χ4n) is 2.14. The maximum Gasteiger partial charge on any atom is 0.258 e. The largest absolute Gasteiger partial charge is 0.497 e. The lowest BCUT2D eigenvalue weighted by Gasteiger charge is -2.22. The van der Waals surface area contributed by atoms with Crippen molar-refractivity contribution < 1.29 is 14.3 Å². The summed E-state index contributed by atoms with van der Waals surface area (Å²) < 4.78 is 10.4. The molecule has 2 rings (SSSR count). The summed E-state index contributed by atoms with van der Waals surface area (Å²) in [6, 6.07) is 7.51. The standard InChI is InChI=1S/C15H18N2O3/c1-19-12-6-7-14(20-2)13(10-12)15(18)17(9-3-8-16)11-4-5-11/h6-7,10-11H,3-5,9H2,1-2H3. The molecule has 20 heavy (non-hydrogen) atoms. The highest BCUT2D eigenvalue weighted by molar-refractivity contribution is 5.97. The van der Waals surface area contributed by atoms with Gasteiger partial charge in [-0.05, 0) is 31.0 Å². The Hall–Kier alpha value is -2.22. The molecule has 0 heterocycles. The van der Waals surface area contributed by atoms with Crippen LogP contribution in [0.2, 0.25) is 0 Å². The molecule has 1 aliphatic carbocycles. The molecule has 0 bridgehead atoms. The van der Waals surface area contributed by atoms with E-state index in [2.05, 4.69) is 6.07 Å². The first-order valence-electron chi connectivity index (χ1n) is 6.61. The van der Waals surface area contributed by atoms with Gasteiger partial charge in [-0.25, -0.2) is 0 Å². The third-order valence-electron chi connectivity index (χ3n) is 3.35. The number of nitriles is 1. The van der Waals surface area contributed by atoms with E-state index in [9.17, 15) is 4.79 Å². The SMILES string of the molecule is COc1ccc(OC)c(C(=O)N(CCC#N)C2CC2)c1. The van der Waals surface area contributed by atoms with Crippen LogP contribution in [0.4, 0.5) is 0 Å². The second kappa shape index (κ2) is 6.29. The monoisotopic (exact) mass is 274 g/mol. The highest BCUT2D eigenvalue weighted by Gasteiger charge is 2.33. The van der Waals surface area contributed by atoms with Crippen LogP contribution in [-0.2, 0) is 0 Å². The minimum Gasteiger partial charge on any atom is -0.497 e. The lowest BCUT2D eigenvalue weighted by molar-refractivity contribution is 0.0743.